The van der Waals surface area contributed by atoms with Crippen molar-refractivity contribution in [2.75, 3.05) is 10.6 Å². The highest BCUT2D eigenvalue weighted by atomic mass is 32.1. The second-order valence-corrected chi connectivity index (χ2v) is 6.43. The first-order chi connectivity index (χ1) is 10.2. The van der Waals surface area contributed by atoms with Gasteiger partial charge in [0.25, 0.3) is 0 Å². The maximum atomic E-state index is 5.91. The molecule has 21 heavy (non-hydrogen) atoms. The van der Waals surface area contributed by atoms with Crippen molar-refractivity contribution in [1.29, 1.82) is 0 Å². The van der Waals surface area contributed by atoms with Crippen molar-refractivity contribution >= 4 is 33.3 Å². The quantitative estimate of drug-likeness (QED) is 0.788. The van der Waals surface area contributed by atoms with E-state index >= 15 is 0 Å². The summed E-state index contributed by atoms with van der Waals surface area (Å²) in [7, 11) is 0. The number of aromatic nitrogens is 2. The first-order valence-electron chi connectivity index (χ1n) is 7.12. The van der Waals surface area contributed by atoms with Crippen molar-refractivity contribution in [3.05, 3.63) is 46.3 Å². The van der Waals surface area contributed by atoms with E-state index < -0.39 is 0 Å². The van der Waals surface area contributed by atoms with Gasteiger partial charge in [-0.25, -0.2) is 4.98 Å². The lowest BCUT2D eigenvalue weighted by molar-refractivity contribution is 0.862. The van der Waals surface area contributed by atoms with Gasteiger partial charge < -0.3 is 10.6 Å². The summed E-state index contributed by atoms with van der Waals surface area (Å²) < 4.78 is 0. The molecule has 0 amide bonds. The zero-order valence-corrected chi connectivity index (χ0v) is 12.7. The molecule has 4 nitrogen and oxygen atoms in total. The zero-order valence-electron chi connectivity index (χ0n) is 11.8. The van der Waals surface area contributed by atoms with Gasteiger partial charge in [0.15, 0.2) is 0 Å². The van der Waals surface area contributed by atoms with Crippen LogP contribution in [0.15, 0.2) is 30.3 Å². The Labute approximate surface area is 127 Å². The molecule has 3 heterocycles. The molecule has 0 saturated carbocycles. The number of aryl methyl sites for hydroxylation is 1. The Balaban J connectivity index is 1.82. The summed E-state index contributed by atoms with van der Waals surface area (Å²) in [4.78, 5) is 13.5. The third-order valence-corrected chi connectivity index (χ3v) is 5.10. The summed E-state index contributed by atoms with van der Waals surface area (Å²) in [6.45, 7) is 3.94. The van der Waals surface area contributed by atoms with Crippen LogP contribution < -0.4 is 10.6 Å². The van der Waals surface area contributed by atoms with E-state index in [1.807, 2.05) is 0 Å². The molecule has 0 unspecified atom stereocenters. The molecule has 2 aromatic heterocycles. The summed E-state index contributed by atoms with van der Waals surface area (Å²) in [6, 6.07) is 10.8. The van der Waals surface area contributed by atoms with Crippen molar-refractivity contribution in [1.82, 2.24) is 9.97 Å². The molecule has 0 bridgehead atoms. The van der Waals surface area contributed by atoms with Gasteiger partial charge in [-0.05, 0) is 23.6 Å². The molecule has 0 fully saturated rings. The molecule has 0 aliphatic carbocycles. The summed E-state index contributed by atoms with van der Waals surface area (Å²) in [5.74, 6) is 1.32. The molecule has 106 valence electrons. The van der Waals surface area contributed by atoms with Gasteiger partial charge in [-0.3, -0.25) is 0 Å². The second kappa shape index (κ2) is 4.70. The fraction of sp³-hybridized carbons (Fsp3) is 0.250. The third-order valence-electron chi connectivity index (χ3n) is 3.93. The lowest BCUT2D eigenvalue weighted by Crippen LogP contribution is -2.17. The first-order valence-corrected chi connectivity index (χ1v) is 7.94. The number of hydrogen-bond acceptors (Lipinski definition) is 5. The predicted molar refractivity (Wildman–Crippen MR) is 87.5 cm³/mol. The summed E-state index contributed by atoms with van der Waals surface area (Å²) in [5.41, 5.74) is 8.64. The molecule has 0 radical (unpaired) electrons. The molecule has 0 atom stereocenters. The standard InChI is InChI=1S/C16H16N4S/c1-2-12-7-13-14(18-16(17)19-15(13)21-12)20-8-10-5-3-4-6-11(10)9-20/h3-7H,2,8-9H2,1H3,(H2,17,18,19). The van der Waals surface area contributed by atoms with Crippen LogP contribution in [0.1, 0.15) is 22.9 Å². The zero-order chi connectivity index (χ0) is 14.4. The smallest absolute Gasteiger partial charge is 0.223 e. The number of hydrogen-bond donors (Lipinski definition) is 1. The van der Waals surface area contributed by atoms with Crippen molar-refractivity contribution in [3.8, 4) is 0 Å². The topological polar surface area (TPSA) is 55.0 Å². The number of benzene rings is 1. The minimum atomic E-state index is 0.359. The van der Waals surface area contributed by atoms with Gasteiger partial charge in [0, 0.05) is 18.0 Å². The number of fused-ring (bicyclic) bond motifs is 2. The van der Waals surface area contributed by atoms with Crippen molar-refractivity contribution in [2.24, 2.45) is 0 Å². The number of thiophene rings is 1. The molecule has 1 aliphatic rings. The fourth-order valence-electron chi connectivity index (χ4n) is 2.87. The van der Waals surface area contributed by atoms with Gasteiger partial charge in [-0.15, -0.1) is 11.3 Å². The number of anilines is 2. The van der Waals surface area contributed by atoms with E-state index in [2.05, 4.69) is 52.1 Å². The normalized spacial score (nSPS) is 13.9. The van der Waals surface area contributed by atoms with Crippen LogP contribution in [0.4, 0.5) is 11.8 Å². The van der Waals surface area contributed by atoms with Crippen LogP contribution in [0.5, 0.6) is 0 Å². The first kappa shape index (κ1) is 12.6. The van der Waals surface area contributed by atoms with Crippen LogP contribution >= 0.6 is 11.3 Å². The van der Waals surface area contributed by atoms with Crippen LogP contribution in [0, 0.1) is 0 Å². The molecule has 1 aromatic carbocycles. The minimum absolute atomic E-state index is 0.359. The SMILES string of the molecule is CCc1cc2c(N3Cc4ccccc4C3)nc(N)nc2s1. The number of nitrogens with two attached hydrogens (primary N) is 1. The highest BCUT2D eigenvalue weighted by molar-refractivity contribution is 7.18. The van der Waals surface area contributed by atoms with E-state index in [1.165, 1.54) is 16.0 Å². The summed E-state index contributed by atoms with van der Waals surface area (Å²) >= 11 is 1.71. The van der Waals surface area contributed by atoms with Gasteiger partial charge >= 0.3 is 0 Å². The van der Waals surface area contributed by atoms with Crippen LogP contribution in [-0.2, 0) is 19.5 Å². The van der Waals surface area contributed by atoms with E-state index in [9.17, 15) is 0 Å². The molecule has 0 saturated heterocycles. The minimum Gasteiger partial charge on any atom is -0.368 e. The van der Waals surface area contributed by atoms with Crippen molar-refractivity contribution < 1.29 is 0 Å². The van der Waals surface area contributed by atoms with Gasteiger partial charge in [0.1, 0.15) is 10.6 Å². The monoisotopic (exact) mass is 296 g/mol. The molecule has 1 aliphatic heterocycles. The Hall–Kier alpha value is -2.14. The lowest BCUT2D eigenvalue weighted by Gasteiger charge is -2.17. The Kier molecular flexibility index (Phi) is 2.82. The molecular formula is C16H16N4S. The fourth-order valence-corrected chi connectivity index (χ4v) is 3.84. The van der Waals surface area contributed by atoms with E-state index in [0.29, 0.717) is 5.95 Å². The van der Waals surface area contributed by atoms with Gasteiger partial charge in [-0.2, -0.15) is 4.98 Å². The molecule has 2 N–H and O–H groups in total. The molecular weight excluding hydrogens is 280 g/mol. The number of nitrogen functional groups attached to an aromatic ring is 1. The van der Waals surface area contributed by atoms with Gasteiger partial charge in [-0.1, -0.05) is 31.2 Å². The van der Waals surface area contributed by atoms with Gasteiger partial charge in [0.2, 0.25) is 5.95 Å². The third kappa shape index (κ3) is 2.05. The average Bonchev–Trinajstić information content (AvgIpc) is 3.09. The lowest BCUT2D eigenvalue weighted by atomic mass is 10.1. The molecule has 3 aromatic rings. The van der Waals surface area contributed by atoms with E-state index in [-0.39, 0.29) is 0 Å². The Morgan fingerprint density at radius 2 is 1.90 bits per heavy atom. The van der Waals surface area contributed by atoms with E-state index in [1.54, 1.807) is 11.3 Å². The Morgan fingerprint density at radius 1 is 1.19 bits per heavy atom. The van der Waals surface area contributed by atoms with Crippen LogP contribution in [0.2, 0.25) is 0 Å². The highest BCUT2D eigenvalue weighted by Gasteiger charge is 2.23. The average molecular weight is 296 g/mol. The van der Waals surface area contributed by atoms with Crippen molar-refractivity contribution in [3.63, 3.8) is 0 Å². The van der Waals surface area contributed by atoms with E-state index in [0.717, 1.165) is 35.5 Å². The van der Waals surface area contributed by atoms with E-state index in [4.69, 9.17) is 5.73 Å². The molecule has 0 spiro atoms. The highest BCUT2D eigenvalue weighted by Crippen LogP contribution is 2.35. The number of rotatable bonds is 2. The summed E-state index contributed by atoms with van der Waals surface area (Å²) in [6.07, 6.45) is 1.01. The van der Waals surface area contributed by atoms with Crippen molar-refractivity contribution in [2.45, 2.75) is 26.4 Å². The maximum absolute atomic E-state index is 5.91. The Morgan fingerprint density at radius 3 is 2.57 bits per heavy atom. The Bertz CT molecular complexity index is 799. The van der Waals surface area contributed by atoms with Crippen LogP contribution in [0.3, 0.4) is 0 Å². The molecule has 4 rings (SSSR count). The second-order valence-electron chi connectivity index (χ2n) is 5.32. The number of nitrogens with zero attached hydrogens (tertiary/aromatic N) is 3. The summed E-state index contributed by atoms with van der Waals surface area (Å²) in [5, 5.41) is 1.12. The van der Waals surface area contributed by atoms with Crippen LogP contribution in [-0.4, -0.2) is 9.97 Å². The van der Waals surface area contributed by atoms with Gasteiger partial charge in [0.05, 0.1) is 5.39 Å². The maximum Gasteiger partial charge on any atom is 0.223 e. The van der Waals surface area contributed by atoms with Crippen LogP contribution in [0.25, 0.3) is 10.2 Å². The predicted octanol–water partition coefficient (Wildman–Crippen LogP) is 3.36. The largest absolute Gasteiger partial charge is 0.368 e. The molecule has 5 heteroatoms.